The van der Waals surface area contributed by atoms with Crippen molar-refractivity contribution in [2.75, 3.05) is 0 Å². The first-order valence-electron chi connectivity index (χ1n) is 4.34. The summed E-state index contributed by atoms with van der Waals surface area (Å²) in [4.78, 5) is 15.4. The van der Waals surface area contributed by atoms with E-state index in [2.05, 4.69) is 18.8 Å². The van der Waals surface area contributed by atoms with Crippen LogP contribution in [0.3, 0.4) is 0 Å². The molecule has 0 N–H and O–H groups in total. The van der Waals surface area contributed by atoms with Crippen molar-refractivity contribution >= 4 is 17.1 Å². The van der Waals surface area contributed by atoms with Crippen molar-refractivity contribution in [3.05, 3.63) is 16.1 Å². The van der Waals surface area contributed by atoms with Crippen LogP contribution in [0.25, 0.3) is 0 Å². The summed E-state index contributed by atoms with van der Waals surface area (Å²) in [6, 6.07) is 0. The van der Waals surface area contributed by atoms with Crippen LogP contribution < -0.4 is 0 Å². The first-order chi connectivity index (χ1) is 5.92. The van der Waals surface area contributed by atoms with E-state index in [1.165, 1.54) is 0 Å². The van der Waals surface area contributed by atoms with Crippen molar-refractivity contribution in [2.45, 2.75) is 39.5 Å². The van der Waals surface area contributed by atoms with Gasteiger partial charge in [-0.3, -0.25) is 4.79 Å². The maximum absolute atomic E-state index is 11.0. The lowest BCUT2D eigenvalue weighted by Gasteiger charge is -2.20. The van der Waals surface area contributed by atoms with E-state index in [1.54, 1.807) is 18.3 Å². The maximum Gasteiger partial charge on any atom is 0.130 e. The second-order valence-corrected chi connectivity index (χ2v) is 5.08. The van der Waals surface area contributed by atoms with E-state index in [1.807, 2.05) is 12.3 Å². The molecule has 1 aromatic heterocycles. The van der Waals surface area contributed by atoms with Gasteiger partial charge in [-0.25, -0.2) is 4.98 Å². The summed E-state index contributed by atoms with van der Waals surface area (Å²) in [5.74, 6) is 0.218. The zero-order chi connectivity index (χ0) is 10.1. The van der Waals surface area contributed by atoms with E-state index in [0.29, 0.717) is 6.42 Å². The van der Waals surface area contributed by atoms with Crippen molar-refractivity contribution in [3.63, 3.8) is 0 Å². The summed E-state index contributed by atoms with van der Waals surface area (Å²) in [6.45, 7) is 7.73. The zero-order valence-corrected chi connectivity index (χ0v) is 9.36. The highest BCUT2D eigenvalue weighted by Crippen LogP contribution is 2.27. The molecule has 0 atom stereocenters. The molecular weight excluding hydrogens is 182 g/mol. The summed E-state index contributed by atoms with van der Waals surface area (Å²) in [5.41, 5.74) is 0.918. The highest BCUT2D eigenvalue weighted by molar-refractivity contribution is 7.09. The summed E-state index contributed by atoms with van der Waals surface area (Å²) < 4.78 is 0. The second-order valence-electron chi connectivity index (χ2n) is 4.01. The fraction of sp³-hybridized carbons (Fsp3) is 0.600. The van der Waals surface area contributed by atoms with Gasteiger partial charge in [0.15, 0.2) is 0 Å². The molecule has 0 bridgehead atoms. The minimum absolute atomic E-state index is 0.114. The Morgan fingerprint density at radius 3 is 2.62 bits per heavy atom. The largest absolute Gasteiger partial charge is 0.300 e. The van der Waals surface area contributed by atoms with Crippen LogP contribution in [0.5, 0.6) is 0 Å². The fourth-order valence-electron chi connectivity index (χ4n) is 1.39. The van der Waals surface area contributed by atoms with Crippen LogP contribution >= 0.6 is 11.3 Å². The van der Waals surface area contributed by atoms with Crippen molar-refractivity contribution in [3.8, 4) is 0 Å². The monoisotopic (exact) mass is 197 g/mol. The van der Waals surface area contributed by atoms with Gasteiger partial charge in [0, 0.05) is 17.2 Å². The van der Waals surface area contributed by atoms with Gasteiger partial charge in [0.05, 0.1) is 10.7 Å². The van der Waals surface area contributed by atoms with Crippen molar-refractivity contribution in [1.29, 1.82) is 0 Å². The number of thiazole rings is 1. The van der Waals surface area contributed by atoms with Crippen LogP contribution in [0.1, 0.15) is 37.9 Å². The van der Waals surface area contributed by atoms with Gasteiger partial charge < -0.3 is 0 Å². The molecule has 0 aliphatic carbocycles. The Hall–Kier alpha value is -0.700. The van der Waals surface area contributed by atoms with Crippen molar-refractivity contribution in [2.24, 2.45) is 0 Å². The number of carbonyl (C=O) groups excluding carboxylic acids is 1. The molecule has 0 aliphatic rings. The molecule has 72 valence electrons. The maximum atomic E-state index is 11.0. The minimum Gasteiger partial charge on any atom is -0.300 e. The predicted octanol–water partition coefficient (Wildman–Crippen LogP) is 2.71. The predicted molar refractivity (Wildman–Crippen MR) is 55.2 cm³/mol. The van der Waals surface area contributed by atoms with Crippen LogP contribution in [0.4, 0.5) is 0 Å². The molecule has 0 radical (unpaired) electrons. The Bertz CT molecular complexity index is 314. The topological polar surface area (TPSA) is 30.0 Å². The molecule has 0 saturated carbocycles. The van der Waals surface area contributed by atoms with Gasteiger partial charge in [0.25, 0.3) is 0 Å². The quantitative estimate of drug-likeness (QED) is 0.745. The van der Waals surface area contributed by atoms with Gasteiger partial charge in [-0.2, -0.15) is 0 Å². The third-order valence-corrected chi connectivity index (χ3v) is 2.78. The molecule has 0 saturated heterocycles. The molecule has 1 heterocycles. The smallest absolute Gasteiger partial charge is 0.130 e. The lowest BCUT2D eigenvalue weighted by atomic mass is 9.85. The van der Waals surface area contributed by atoms with Crippen molar-refractivity contribution < 1.29 is 4.79 Å². The van der Waals surface area contributed by atoms with E-state index in [4.69, 9.17) is 0 Å². The number of ketones is 1. The molecule has 13 heavy (non-hydrogen) atoms. The van der Waals surface area contributed by atoms with E-state index >= 15 is 0 Å². The minimum atomic E-state index is -0.114. The number of carbonyl (C=O) groups is 1. The molecule has 0 unspecified atom stereocenters. The van der Waals surface area contributed by atoms with Crippen LogP contribution in [0.2, 0.25) is 0 Å². The van der Waals surface area contributed by atoms with Crippen LogP contribution in [-0.2, 0) is 10.2 Å². The lowest BCUT2D eigenvalue weighted by Crippen LogP contribution is -2.21. The molecule has 3 heteroatoms. The first kappa shape index (κ1) is 10.4. The Kier molecular flexibility index (Phi) is 2.86. The molecule has 0 spiro atoms. The Labute approximate surface area is 83.0 Å². The zero-order valence-electron chi connectivity index (χ0n) is 8.55. The molecular formula is C10H15NOS. The van der Waals surface area contributed by atoms with Crippen molar-refractivity contribution in [1.82, 2.24) is 4.98 Å². The van der Waals surface area contributed by atoms with Gasteiger partial charge in [-0.15, -0.1) is 11.3 Å². The highest BCUT2D eigenvalue weighted by atomic mass is 32.1. The number of hydrogen-bond acceptors (Lipinski definition) is 3. The number of nitrogens with zero attached hydrogens (tertiary/aromatic N) is 1. The molecule has 0 aliphatic heterocycles. The normalized spacial score (nSPS) is 11.7. The molecule has 0 aromatic carbocycles. The highest BCUT2D eigenvalue weighted by Gasteiger charge is 2.24. The molecule has 0 amide bonds. The average molecular weight is 197 g/mol. The molecule has 1 rings (SSSR count). The third-order valence-electron chi connectivity index (χ3n) is 2.00. The summed E-state index contributed by atoms with van der Waals surface area (Å²) in [5, 5.41) is 3.10. The summed E-state index contributed by atoms with van der Waals surface area (Å²) in [7, 11) is 0. The average Bonchev–Trinajstić information content (AvgIpc) is 2.32. The van der Waals surface area contributed by atoms with Gasteiger partial charge >= 0.3 is 0 Å². The number of aryl methyl sites for hydroxylation is 1. The summed E-state index contributed by atoms with van der Waals surface area (Å²) >= 11 is 1.64. The summed E-state index contributed by atoms with van der Waals surface area (Å²) in [6.07, 6.45) is 0.566. The second kappa shape index (κ2) is 3.58. The number of rotatable bonds is 3. The first-order valence-corrected chi connectivity index (χ1v) is 5.22. The Morgan fingerprint density at radius 2 is 2.23 bits per heavy atom. The van der Waals surface area contributed by atoms with E-state index in [9.17, 15) is 4.79 Å². The lowest BCUT2D eigenvalue weighted by molar-refractivity contribution is -0.118. The fourth-order valence-corrected chi connectivity index (χ4v) is 2.19. The van der Waals surface area contributed by atoms with E-state index in [-0.39, 0.29) is 11.2 Å². The van der Waals surface area contributed by atoms with Crippen LogP contribution in [0.15, 0.2) is 5.38 Å². The molecule has 2 nitrogen and oxygen atoms in total. The van der Waals surface area contributed by atoms with E-state index in [0.717, 1.165) is 10.7 Å². The Morgan fingerprint density at radius 1 is 1.62 bits per heavy atom. The Balaban J connectivity index is 2.86. The van der Waals surface area contributed by atoms with Gasteiger partial charge in [-0.05, 0) is 13.8 Å². The molecule has 1 aromatic rings. The van der Waals surface area contributed by atoms with Crippen LogP contribution in [-0.4, -0.2) is 10.8 Å². The third kappa shape index (κ3) is 2.62. The SMILES string of the molecule is CC(=O)CC(C)(C)c1csc(C)n1. The number of Topliss-reactive ketones (excluding diaryl/α,β-unsaturated/α-hetero) is 1. The van der Waals surface area contributed by atoms with Crippen LogP contribution in [0, 0.1) is 6.92 Å². The van der Waals surface area contributed by atoms with Gasteiger partial charge in [0.1, 0.15) is 5.78 Å². The number of hydrogen-bond donors (Lipinski definition) is 0. The van der Waals surface area contributed by atoms with E-state index < -0.39 is 0 Å². The molecule has 0 fully saturated rings. The van der Waals surface area contributed by atoms with Gasteiger partial charge in [0.2, 0.25) is 0 Å². The van der Waals surface area contributed by atoms with Gasteiger partial charge in [-0.1, -0.05) is 13.8 Å². The number of aromatic nitrogens is 1. The standard InChI is InChI=1S/C10H15NOS/c1-7(12)5-10(3,4)9-6-13-8(2)11-9/h6H,5H2,1-4H3.